The number of amides is 1. The molecule has 2 aromatic rings. The third-order valence-corrected chi connectivity index (χ3v) is 3.25. The molecule has 1 N–H and O–H groups in total. The van der Waals surface area contributed by atoms with Crippen molar-refractivity contribution >= 4 is 12.0 Å². The number of aromatic nitrogens is 2. The Labute approximate surface area is 128 Å². The van der Waals surface area contributed by atoms with E-state index in [2.05, 4.69) is 10.4 Å². The second-order valence-corrected chi connectivity index (χ2v) is 4.86. The van der Waals surface area contributed by atoms with Crippen molar-refractivity contribution in [1.29, 1.82) is 0 Å². The van der Waals surface area contributed by atoms with Gasteiger partial charge in [0.15, 0.2) is 11.5 Å². The van der Waals surface area contributed by atoms with Crippen molar-refractivity contribution in [3.63, 3.8) is 0 Å². The van der Waals surface area contributed by atoms with Gasteiger partial charge in [-0.25, -0.2) is 0 Å². The first-order valence-corrected chi connectivity index (χ1v) is 7.14. The molecule has 0 radical (unpaired) electrons. The number of nitrogens with one attached hydrogen (secondary N) is 1. The molecule has 6 heteroatoms. The minimum absolute atomic E-state index is 0.113. The second-order valence-electron chi connectivity index (χ2n) is 4.86. The number of ether oxygens (including phenoxy) is 2. The Morgan fingerprint density at radius 1 is 1.36 bits per heavy atom. The summed E-state index contributed by atoms with van der Waals surface area (Å²) in [5, 5.41) is 6.95. The van der Waals surface area contributed by atoms with Crippen molar-refractivity contribution in [2.45, 2.75) is 13.0 Å². The average molecular weight is 299 g/mol. The number of hydrogen-bond acceptors (Lipinski definition) is 4. The Hall–Kier alpha value is -2.76. The van der Waals surface area contributed by atoms with E-state index in [-0.39, 0.29) is 12.7 Å². The molecule has 0 spiro atoms. The first-order chi connectivity index (χ1) is 10.8. The molecule has 1 aromatic heterocycles. The van der Waals surface area contributed by atoms with Crippen molar-refractivity contribution in [2.75, 3.05) is 13.3 Å². The molecule has 0 atom stereocenters. The van der Waals surface area contributed by atoms with Gasteiger partial charge >= 0.3 is 0 Å². The van der Waals surface area contributed by atoms with Crippen LogP contribution in [0, 0.1) is 0 Å². The highest BCUT2D eigenvalue weighted by atomic mass is 16.7. The molecule has 0 fully saturated rings. The van der Waals surface area contributed by atoms with Crippen LogP contribution in [0.1, 0.15) is 12.0 Å². The Balaban J connectivity index is 1.43. The highest BCUT2D eigenvalue weighted by Gasteiger charge is 2.12. The number of carbonyl (C=O) groups excluding carboxylic acids is 1. The van der Waals surface area contributed by atoms with Crippen LogP contribution in [-0.4, -0.2) is 29.0 Å². The Bertz CT molecular complexity index is 665. The zero-order chi connectivity index (χ0) is 15.2. The van der Waals surface area contributed by atoms with Crippen LogP contribution in [-0.2, 0) is 11.3 Å². The van der Waals surface area contributed by atoms with Gasteiger partial charge in [0.2, 0.25) is 12.7 Å². The summed E-state index contributed by atoms with van der Waals surface area (Å²) in [6.45, 7) is 1.66. The fraction of sp³-hybridized carbons (Fsp3) is 0.250. The van der Waals surface area contributed by atoms with Crippen LogP contribution < -0.4 is 14.8 Å². The van der Waals surface area contributed by atoms with Gasteiger partial charge < -0.3 is 14.8 Å². The summed E-state index contributed by atoms with van der Waals surface area (Å²) in [5.41, 5.74) is 0.899. The zero-order valence-electron chi connectivity index (χ0n) is 12.1. The van der Waals surface area contributed by atoms with Gasteiger partial charge in [0, 0.05) is 31.6 Å². The molecule has 1 amide bonds. The van der Waals surface area contributed by atoms with Gasteiger partial charge in [-0.05, 0) is 36.3 Å². The Morgan fingerprint density at radius 2 is 2.27 bits per heavy atom. The summed E-state index contributed by atoms with van der Waals surface area (Å²) >= 11 is 0. The maximum atomic E-state index is 11.7. The maximum absolute atomic E-state index is 11.7. The van der Waals surface area contributed by atoms with E-state index in [9.17, 15) is 4.79 Å². The van der Waals surface area contributed by atoms with Gasteiger partial charge in [-0.3, -0.25) is 9.48 Å². The summed E-state index contributed by atoms with van der Waals surface area (Å²) in [4.78, 5) is 11.7. The summed E-state index contributed by atoms with van der Waals surface area (Å²) in [7, 11) is 0. The molecule has 22 heavy (non-hydrogen) atoms. The van der Waals surface area contributed by atoms with Crippen LogP contribution in [0.3, 0.4) is 0 Å². The fourth-order valence-corrected chi connectivity index (χ4v) is 2.13. The lowest BCUT2D eigenvalue weighted by atomic mass is 10.2. The standard InChI is InChI=1S/C16H17N3O3/c20-16(17-7-1-9-19-10-2-8-18-19)6-4-13-3-5-14-15(11-13)22-12-21-14/h2-6,8,10-11H,1,7,9,12H2,(H,17,20). The molecule has 0 aliphatic carbocycles. The summed E-state index contributed by atoms with van der Waals surface area (Å²) in [6.07, 6.45) is 7.76. The van der Waals surface area contributed by atoms with Gasteiger partial charge in [0.25, 0.3) is 0 Å². The number of nitrogens with zero attached hydrogens (tertiary/aromatic N) is 2. The van der Waals surface area contributed by atoms with E-state index in [0.29, 0.717) is 12.3 Å². The second kappa shape index (κ2) is 6.80. The molecular weight excluding hydrogens is 282 g/mol. The number of hydrogen-bond donors (Lipinski definition) is 1. The predicted octanol–water partition coefficient (Wildman–Crippen LogP) is 1.83. The van der Waals surface area contributed by atoms with E-state index < -0.39 is 0 Å². The minimum atomic E-state index is -0.113. The highest BCUT2D eigenvalue weighted by molar-refractivity contribution is 5.91. The van der Waals surface area contributed by atoms with E-state index in [4.69, 9.17) is 9.47 Å². The molecule has 0 unspecified atom stereocenters. The molecule has 0 bridgehead atoms. The smallest absolute Gasteiger partial charge is 0.244 e. The van der Waals surface area contributed by atoms with Crippen molar-refractivity contribution in [1.82, 2.24) is 15.1 Å². The lowest BCUT2D eigenvalue weighted by Crippen LogP contribution is -2.23. The maximum Gasteiger partial charge on any atom is 0.244 e. The molecule has 3 rings (SSSR count). The quantitative estimate of drug-likeness (QED) is 0.653. The van der Waals surface area contributed by atoms with Crippen LogP contribution >= 0.6 is 0 Å². The van der Waals surface area contributed by atoms with Gasteiger partial charge in [0.1, 0.15) is 0 Å². The monoisotopic (exact) mass is 299 g/mol. The van der Waals surface area contributed by atoms with Gasteiger partial charge in [-0.15, -0.1) is 0 Å². The average Bonchev–Trinajstić information content (AvgIpc) is 3.20. The molecule has 2 heterocycles. The molecule has 6 nitrogen and oxygen atoms in total. The Morgan fingerprint density at radius 3 is 3.14 bits per heavy atom. The van der Waals surface area contributed by atoms with E-state index in [1.54, 1.807) is 12.3 Å². The number of fused-ring (bicyclic) bond motifs is 1. The first kappa shape index (κ1) is 14.2. The van der Waals surface area contributed by atoms with Gasteiger partial charge in [-0.1, -0.05) is 6.07 Å². The number of benzene rings is 1. The topological polar surface area (TPSA) is 65.4 Å². The van der Waals surface area contributed by atoms with Crippen LogP contribution in [0.15, 0.2) is 42.7 Å². The molecule has 0 saturated carbocycles. The molecule has 1 aromatic carbocycles. The van der Waals surface area contributed by atoms with Crippen LogP contribution in [0.25, 0.3) is 6.08 Å². The third kappa shape index (κ3) is 3.66. The predicted molar refractivity (Wildman–Crippen MR) is 81.5 cm³/mol. The SMILES string of the molecule is O=C(C=Cc1ccc2c(c1)OCO2)NCCCn1cccn1. The molecule has 114 valence electrons. The summed E-state index contributed by atoms with van der Waals surface area (Å²) in [6, 6.07) is 7.45. The first-order valence-electron chi connectivity index (χ1n) is 7.14. The molecule has 1 aliphatic rings. The van der Waals surface area contributed by atoms with Gasteiger partial charge in [0.05, 0.1) is 0 Å². The lowest BCUT2D eigenvalue weighted by molar-refractivity contribution is -0.116. The van der Waals surface area contributed by atoms with E-state index >= 15 is 0 Å². The van der Waals surface area contributed by atoms with Crippen molar-refractivity contribution in [2.24, 2.45) is 0 Å². The van der Waals surface area contributed by atoms with E-state index in [0.717, 1.165) is 24.3 Å². The van der Waals surface area contributed by atoms with Crippen molar-refractivity contribution in [3.8, 4) is 11.5 Å². The summed E-state index contributed by atoms with van der Waals surface area (Å²) < 4.78 is 12.4. The molecular formula is C16H17N3O3. The van der Waals surface area contributed by atoms with E-state index in [1.807, 2.05) is 35.1 Å². The largest absolute Gasteiger partial charge is 0.454 e. The minimum Gasteiger partial charge on any atom is -0.454 e. The lowest BCUT2D eigenvalue weighted by Gasteiger charge is -2.03. The van der Waals surface area contributed by atoms with Gasteiger partial charge in [-0.2, -0.15) is 5.10 Å². The number of aryl methyl sites for hydroxylation is 1. The Kier molecular flexibility index (Phi) is 4.38. The van der Waals surface area contributed by atoms with Crippen LogP contribution in [0.2, 0.25) is 0 Å². The number of rotatable bonds is 6. The van der Waals surface area contributed by atoms with Crippen molar-refractivity contribution < 1.29 is 14.3 Å². The third-order valence-electron chi connectivity index (χ3n) is 3.25. The number of carbonyl (C=O) groups is 1. The normalized spacial score (nSPS) is 12.7. The van der Waals surface area contributed by atoms with Crippen LogP contribution in [0.4, 0.5) is 0 Å². The fourth-order valence-electron chi connectivity index (χ4n) is 2.13. The zero-order valence-corrected chi connectivity index (χ0v) is 12.1. The molecule has 0 saturated heterocycles. The highest BCUT2D eigenvalue weighted by Crippen LogP contribution is 2.32. The molecule has 1 aliphatic heterocycles. The van der Waals surface area contributed by atoms with E-state index in [1.165, 1.54) is 6.08 Å². The van der Waals surface area contributed by atoms with Crippen LogP contribution in [0.5, 0.6) is 11.5 Å². The van der Waals surface area contributed by atoms with Crippen molar-refractivity contribution in [3.05, 3.63) is 48.3 Å². The summed E-state index contributed by atoms with van der Waals surface area (Å²) in [5.74, 6) is 1.33.